The van der Waals surface area contributed by atoms with Gasteiger partial charge < -0.3 is 5.11 Å². The molecule has 1 rings (SSSR count). The van der Waals surface area contributed by atoms with Crippen molar-refractivity contribution in [3.8, 4) is 12.3 Å². The molecule has 0 aromatic heterocycles. The van der Waals surface area contributed by atoms with Crippen LogP contribution in [0.3, 0.4) is 0 Å². The normalized spacial score (nSPS) is 29.9. The van der Waals surface area contributed by atoms with Gasteiger partial charge in [0.15, 0.2) is 0 Å². The highest BCUT2D eigenvalue weighted by Gasteiger charge is 2.37. The van der Waals surface area contributed by atoms with Crippen LogP contribution in [0, 0.1) is 23.7 Å². The number of aliphatic hydroxyl groups is 1. The predicted molar refractivity (Wildman–Crippen MR) is 73.7 cm³/mol. The summed E-state index contributed by atoms with van der Waals surface area (Å²) in [5, 5.41) is 10.5. The largest absolute Gasteiger partial charge is 0.390 e. The summed E-state index contributed by atoms with van der Waals surface area (Å²) in [6.07, 6.45) is 13.4. The van der Waals surface area contributed by atoms with Crippen LogP contribution in [-0.4, -0.2) is 10.7 Å². The first-order chi connectivity index (χ1) is 7.93. The fourth-order valence-electron chi connectivity index (χ4n) is 2.99. The van der Waals surface area contributed by atoms with Gasteiger partial charge in [-0.3, -0.25) is 0 Å². The number of hydrogen-bond donors (Lipinski definition) is 1. The van der Waals surface area contributed by atoms with E-state index >= 15 is 0 Å². The van der Waals surface area contributed by atoms with E-state index in [1.165, 1.54) is 19.3 Å². The van der Waals surface area contributed by atoms with E-state index in [2.05, 4.69) is 26.7 Å². The summed E-state index contributed by atoms with van der Waals surface area (Å²) in [6.45, 7) is 6.99. The molecule has 1 aliphatic carbocycles. The summed E-state index contributed by atoms with van der Waals surface area (Å²) in [5.41, 5.74) is 0.0112. The van der Waals surface area contributed by atoms with Crippen LogP contribution in [-0.2, 0) is 0 Å². The molecule has 0 amide bonds. The van der Waals surface area contributed by atoms with Gasteiger partial charge in [-0.25, -0.2) is 0 Å². The van der Waals surface area contributed by atoms with Crippen LogP contribution in [0.5, 0.6) is 0 Å². The third-order valence-corrected chi connectivity index (χ3v) is 4.90. The van der Waals surface area contributed by atoms with Crippen molar-refractivity contribution in [1.29, 1.82) is 0 Å². The third-order valence-electron chi connectivity index (χ3n) is 4.90. The molecule has 1 saturated carbocycles. The van der Waals surface area contributed by atoms with Crippen molar-refractivity contribution in [3.05, 3.63) is 0 Å². The van der Waals surface area contributed by atoms with Gasteiger partial charge in [0.1, 0.15) is 0 Å². The third kappa shape index (κ3) is 4.03. The van der Waals surface area contributed by atoms with Gasteiger partial charge >= 0.3 is 0 Å². The zero-order chi connectivity index (χ0) is 12.9. The van der Waals surface area contributed by atoms with E-state index in [0.29, 0.717) is 5.41 Å². The lowest BCUT2D eigenvalue weighted by molar-refractivity contribution is -0.0350. The van der Waals surface area contributed by atoms with E-state index in [9.17, 15) is 5.11 Å². The molecule has 0 spiro atoms. The van der Waals surface area contributed by atoms with E-state index in [-0.39, 0.29) is 0 Å². The van der Waals surface area contributed by atoms with E-state index in [0.717, 1.165) is 38.0 Å². The highest BCUT2D eigenvalue weighted by molar-refractivity contribution is 4.91. The van der Waals surface area contributed by atoms with Gasteiger partial charge in [0.25, 0.3) is 0 Å². The van der Waals surface area contributed by atoms with Gasteiger partial charge in [0, 0.05) is 6.42 Å². The Bertz CT molecular complexity index is 264. The summed E-state index contributed by atoms with van der Waals surface area (Å²) >= 11 is 0. The Labute approximate surface area is 107 Å². The quantitative estimate of drug-likeness (QED) is 0.561. The van der Waals surface area contributed by atoms with Crippen molar-refractivity contribution in [2.24, 2.45) is 11.3 Å². The second-order valence-electron chi connectivity index (χ2n) is 6.40. The Morgan fingerprint density at radius 2 is 1.94 bits per heavy atom. The zero-order valence-electron chi connectivity index (χ0n) is 11.8. The molecule has 1 heteroatoms. The minimum absolute atomic E-state index is 0.419. The molecule has 98 valence electrons. The van der Waals surface area contributed by atoms with Gasteiger partial charge in [-0.05, 0) is 49.9 Å². The minimum Gasteiger partial charge on any atom is -0.390 e. The van der Waals surface area contributed by atoms with Crippen molar-refractivity contribution in [2.45, 2.75) is 77.7 Å². The van der Waals surface area contributed by atoms with E-state index in [1.54, 1.807) is 0 Å². The SMILES string of the molecule is C#CCCCC1(O)CCC(C(C)(C)CC)CC1. The van der Waals surface area contributed by atoms with Crippen molar-refractivity contribution >= 4 is 0 Å². The molecule has 0 aromatic rings. The number of unbranched alkanes of at least 4 members (excludes halogenated alkanes) is 1. The van der Waals surface area contributed by atoms with Crippen molar-refractivity contribution < 1.29 is 5.11 Å². The van der Waals surface area contributed by atoms with Crippen molar-refractivity contribution in [3.63, 3.8) is 0 Å². The molecule has 0 aromatic carbocycles. The first kappa shape index (κ1) is 14.6. The summed E-state index contributed by atoms with van der Waals surface area (Å²) in [5.74, 6) is 3.43. The molecule has 17 heavy (non-hydrogen) atoms. The maximum Gasteiger partial charge on any atom is 0.0648 e. The maximum absolute atomic E-state index is 10.5. The predicted octanol–water partition coefficient (Wildman–Crippen LogP) is 4.15. The van der Waals surface area contributed by atoms with Gasteiger partial charge in [0.05, 0.1) is 5.60 Å². The lowest BCUT2D eigenvalue weighted by atomic mass is 9.66. The smallest absolute Gasteiger partial charge is 0.0648 e. The molecular weight excluding hydrogens is 208 g/mol. The fraction of sp³-hybridized carbons (Fsp3) is 0.875. The Morgan fingerprint density at radius 3 is 2.41 bits per heavy atom. The molecule has 1 fully saturated rings. The first-order valence-corrected chi connectivity index (χ1v) is 7.09. The number of hydrogen-bond acceptors (Lipinski definition) is 1. The Kier molecular flexibility index (Phi) is 5.07. The monoisotopic (exact) mass is 236 g/mol. The maximum atomic E-state index is 10.5. The number of rotatable bonds is 5. The highest BCUT2D eigenvalue weighted by Crippen LogP contribution is 2.44. The van der Waals surface area contributed by atoms with Crippen LogP contribution in [0.25, 0.3) is 0 Å². The van der Waals surface area contributed by atoms with Gasteiger partial charge in [-0.2, -0.15) is 0 Å². The molecule has 1 aliphatic rings. The zero-order valence-corrected chi connectivity index (χ0v) is 11.8. The lowest BCUT2D eigenvalue weighted by Gasteiger charge is -2.42. The van der Waals surface area contributed by atoms with E-state index < -0.39 is 5.60 Å². The Balaban J connectivity index is 2.42. The van der Waals surface area contributed by atoms with Crippen molar-refractivity contribution in [2.75, 3.05) is 0 Å². The molecule has 0 radical (unpaired) electrons. The molecule has 0 heterocycles. The van der Waals surface area contributed by atoms with Crippen LogP contribution >= 0.6 is 0 Å². The van der Waals surface area contributed by atoms with Crippen LogP contribution in [0.15, 0.2) is 0 Å². The lowest BCUT2D eigenvalue weighted by Crippen LogP contribution is -2.38. The second kappa shape index (κ2) is 5.91. The van der Waals surface area contributed by atoms with Crippen LogP contribution in [0.1, 0.15) is 72.1 Å². The average molecular weight is 236 g/mol. The second-order valence-corrected chi connectivity index (χ2v) is 6.40. The Hall–Kier alpha value is -0.480. The summed E-state index contributed by atoms with van der Waals surface area (Å²) < 4.78 is 0. The highest BCUT2D eigenvalue weighted by atomic mass is 16.3. The van der Waals surface area contributed by atoms with E-state index in [1.807, 2.05) is 0 Å². The van der Waals surface area contributed by atoms with Gasteiger partial charge in [0.2, 0.25) is 0 Å². The molecule has 0 aliphatic heterocycles. The van der Waals surface area contributed by atoms with Gasteiger partial charge in [-0.15, -0.1) is 12.3 Å². The van der Waals surface area contributed by atoms with Crippen molar-refractivity contribution in [1.82, 2.24) is 0 Å². The van der Waals surface area contributed by atoms with E-state index in [4.69, 9.17) is 6.42 Å². The molecule has 1 nitrogen and oxygen atoms in total. The molecular formula is C16H28O. The standard InChI is InChI=1S/C16H28O/c1-5-7-8-11-16(17)12-9-14(10-13-16)15(3,4)6-2/h1,14,17H,6-13H2,2-4H3. The van der Waals surface area contributed by atoms with Gasteiger partial charge in [-0.1, -0.05) is 27.2 Å². The molecule has 1 N–H and O–H groups in total. The number of terminal acetylenes is 1. The molecule has 0 unspecified atom stereocenters. The topological polar surface area (TPSA) is 20.2 Å². The first-order valence-electron chi connectivity index (χ1n) is 7.09. The molecule has 0 atom stereocenters. The van der Waals surface area contributed by atoms with Crippen LogP contribution in [0.2, 0.25) is 0 Å². The summed E-state index contributed by atoms with van der Waals surface area (Å²) in [7, 11) is 0. The fourth-order valence-corrected chi connectivity index (χ4v) is 2.99. The molecule has 0 bridgehead atoms. The Morgan fingerprint density at radius 1 is 1.35 bits per heavy atom. The minimum atomic E-state index is -0.419. The molecule has 0 saturated heterocycles. The summed E-state index contributed by atoms with van der Waals surface area (Å²) in [4.78, 5) is 0. The van der Waals surface area contributed by atoms with Crippen LogP contribution in [0.4, 0.5) is 0 Å². The average Bonchev–Trinajstić information content (AvgIpc) is 2.30. The summed E-state index contributed by atoms with van der Waals surface area (Å²) in [6, 6.07) is 0. The van der Waals surface area contributed by atoms with Crippen LogP contribution < -0.4 is 0 Å².